The first-order valence-corrected chi connectivity index (χ1v) is 8.60. The molecule has 0 aliphatic rings. The zero-order valence-electron chi connectivity index (χ0n) is 13.3. The number of hydrogen-bond acceptors (Lipinski definition) is 3. The van der Waals surface area contributed by atoms with E-state index in [1.54, 1.807) is 24.4 Å². The first-order valence-electron chi connectivity index (χ1n) is 7.85. The smallest absolute Gasteiger partial charge is 0.252 e. The van der Waals surface area contributed by atoms with Gasteiger partial charge in [-0.25, -0.2) is 0 Å². The van der Waals surface area contributed by atoms with Crippen LogP contribution in [0.4, 0.5) is 0 Å². The van der Waals surface area contributed by atoms with Crippen LogP contribution in [0, 0.1) is 0 Å². The monoisotopic (exact) mass is 374 g/mol. The van der Waals surface area contributed by atoms with E-state index in [0.717, 1.165) is 16.7 Å². The molecule has 3 aromatic rings. The highest BCUT2D eigenvalue weighted by Crippen LogP contribution is 2.23. The number of carbonyl (C=O) groups is 1. The summed E-state index contributed by atoms with van der Waals surface area (Å²) in [6, 6.07) is 14.5. The second kappa shape index (κ2) is 8.19. The molecule has 128 valence electrons. The Labute approximate surface area is 155 Å². The summed E-state index contributed by atoms with van der Waals surface area (Å²) in [4.78, 5) is 16.5. The van der Waals surface area contributed by atoms with Crippen LogP contribution in [0.25, 0.3) is 10.9 Å². The van der Waals surface area contributed by atoms with Gasteiger partial charge in [0.05, 0.1) is 17.2 Å². The van der Waals surface area contributed by atoms with E-state index in [9.17, 15) is 4.79 Å². The van der Waals surface area contributed by atoms with Crippen LogP contribution in [0.1, 0.15) is 16.8 Å². The molecule has 3 rings (SSSR count). The number of hydrogen-bond donors (Lipinski definition) is 1. The fraction of sp³-hybridized carbons (Fsp3) is 0.158. The van der Waals surface area contributed by atoms with Crippen molar-refractivity contribution in [3.8, 4) is 5.75 Å². The summed E-state index contributed by atoms with van der Waals surface area (Å²) in [6.45, 7) is 0.944. The third-order valence-electron chi connectivity index (χ3n) is 3.63. The van der Waals surface area contributed by atoms with Crippen molar-refractivity contribution in [1.29, 1.82) is 0 Å². The zero-order chi connectivity index (χ0) is 17.6. The number of nitrogens with zero attached hydrogens (tertiary/aromatic N) is 1. The fourth-order valence-corrected chi connectivity index (χ4v) is 2.79. The average Bonchev–Trinajstić information content (AvgIpc) is 2.63. The lowest BCUT2D eigenvalue weighted by Gasteiger charge is -2.10. The van der Waals surface area contributed by atoms with E-state index in [-0.39, 0.29) is 5.91 Å². The van der Waals surface area contributed by atoms with Gasteiger partial charge in [-0.1, -0.05) is 41.4 Å². The van der Waals surface area contributed by atoms with Gasteiger partial charge in [0, 0.05) is 23.2 Å². The summed E-state index contributed by atoms with van der Waals surface area (Å²) in [6.07, 6.45) is 2.40. The number of carbonyl (C=O) groups excluding carboxylic acids is 1. The molecule has 0 saturated carbocycles. The molecule has 1 aromatic heterocycles. The molecule has 1 heterocycles. The molecular formula is C19H16Cl2N2O2. The van der Waals surface area contributed by atoms with Gasteiger partial charge in [-0.15, -0.1) is 0 Å². The van der Waals surface area contributed by atoms with Crippen molar-refractivity contribution >= 4 is 40.0 Å². The summed E-state index contributed by atoms with van der Waals surface area (Å²) < 4.78 is 5.79. The predicted octanol–water partition coefficient (Wildman–Crippen LogP) is 4.74. The van der Waals surface area contributed by atoms with Crippen LogP contribution in [-0.2, 0) is 0 Å². The first kappa shape index (κ1) is 17.5. The van der Waals surface area contributed by atoms with Gasteiger partial charge in [0.15, 0.2) is 0 Å². The van der Waals surface area contributed by atoms with Crippen molar-refractivity contribution in [2.75, 3.05) is 13.2 Å². The molecule has 0 aliphatic heterocycles. The highest BCUT2D eigenvalue weighted by molar-refractivity contribution is 6.35. The SMILES string of the molecule is O=C(NCCCOc1cccc2cccnc12)c1cc(Cl)ccc1Cl. The van der Waals surface area contributed by atoms with Crippen molar-refractivity contribution < 1.29 is 9.53 Å². The minimum absolute atomic E-state index is 0.251. The fourth-order valence-electron chi connectivity index (χ4n) is 2.42. The van der Waals surface area contributed by atoms with Crippen molar-refractivity contribution in [3.05, 3.63) is 70.3 Å². The van der Waals surface area contributed by atoms with Crippen LogP contribution in [0.3, 0.4) is 0 Å². The topological polar surface area (TPSA) is 51.2 Å². The Bertz CT molecular complexity index is 894. The molecule has 1 N–H and O–H groups in total. The second-order valence-corrected chi connectivity index (χ2v) is 6.26. The minimum Gasteiger partial charge on any atom is -0.491 e. The van der Waals surface area contributed by atoms with Crippen molar-refractivity contribution in [2.24, 2.45) is 0 Å². The number of para-hydroxylation sites is 1. The summed E-state index contributed by atoms with van der Waals surface area (Å²) in [5, 5.41) is 4.69. The lowest BCUT2D eigenvalue weighted by Crippen LogP contribution is -2.25. The summed E-state index contributed by atoms with van der Waals surface area (Å²) >= 11 is 11.9. The maximum atomic E-state index is 12.1. The van der Waals surface area contributed by atoms with Crippen LogP contribution in [0.5, 0.6) is 5.75 Å². The van der Waals surface area contributed by atoms with Gasteiger partial charge < -0.3 is 10.1 Å². The van der Waals surface area contributed by atoms with E-state index in [1.807, 2.05) is 30.3 Å². The van der Waals surface area contributed by atoms with E-state index < -0.39 is 0 Å². The van der Waals surface area contributed by atoms with Crippen LogP contribution in [0.15, 0.2) is 54.7 Å². The van der Waals surface area contributed by atoms with Gasteiger partial charge in [0.2, 0.25) is 0 Å². The standard InChI is InChI=1S/C19H16Cl2N2O2/c20-14-7-8-16(21)15(12-14)19(24)23-10-3-11-25-17-6-1-4-13-5-2-9-22-18(13)17/h1-2,4-9,12H,3,10-11H2,(H,23,24). The van der Waals surface area contributed by atoms with Gasteiger partial charge >= 0.3 is 0 Å². The van der Waals surface area contributed by atoms with E-state index in [2.05, 4.69) is 10.3 Å². The number of rotatable bonds is 6. The van der Waals surface area contributed by atoms with Crippen molar-refractivity contribution in [2.45, 2.75) is 6.42 Å². The van der Waals surface area contributed by atoms with Gasteiger partial charge in [0.25, 0.3) is 5.91 Å². The van der Waals surface area contributed by atoms with E-state index in [0.29, 0.717) is 35.2 Å². The minimum atomic E-state index is -0.251. The molecule has 4 nitrogen and oxygen atoms in total. The third-order valence-corrected chi connectivity index (χ3v) is 4.20. The maximum Gasteiger partial charge on any atom is 0.252 e. The number of benzene rings is 2. The molecule has 2 aromatic carbocycles. The van der Waals surface area contributed by atoms with Crippen molar-refractivity contribution in [1.82, 2.24) is 10.3 Å². The summed E-state index contributed by atoms with van der Waals surface area (Å²) in [7, 11) is 0. The van der Waals surface area contributed by atoms with E-state index in [1.165, 1.54) is 0 Å². The number of ether oxygens (including phenoxy) is 1. The summed E-state index contributed by atoms with van der Waals surface area (Å²) in [5.74, 6) is 0.488. The Morgan fingerprint density at radius 2 is 1.96 bits per heavy atom. The number of halogens is 2. The highest BCUT2D eigenvalue weighted by Gasteiger charge is 2.10. The molecule has 1 amide bonds. The Morgan fingerprint density at radius 1 is 1.12 bits per heavy atom. The quantitative estimate of drug-likeness (QED) is 0.633. The normalized spacial score (nSPS) is 10.6. The van der Waals surface area contributed by atoms with Crippen LogP contribution in [0.2, 0.25) is 10.0 Å². The molecule has 0 fully saturated rings. The molecule has 0 aliphatic carbocycles. The Balaban J connectivity index is 1.50. The lowest BCUT2D eigenvalue weighted by molar-refractivity contribution is 0.0951. The van der Waals surface area contributed by atoms with Gasteiger partial charge in [-0.2, -0.15) is 0 Å². The Morgan fingerprint density at radius 3 is 2.84 bits per heavy atom. The molecule has 0 atom stereocenters. The number of pyridine rings is 1. The maximum absolute atomic E-state index is 12.1. The van der Waals surface area contributed by atoms with Gasteiger partial charge in [-0.3, -0.25) is 9.78 Å². The highest BCUT2D eigenvalue weighted by atomic mass is 35.5. The number of aromatic nitrogens is 1. The van der Waals surface area contributed by atoms with Crippen LogP contribution < -0.4 is 10.1 Å². The molecule has 0 unspecified atom stereocenters. The second-order valence-electron chi connectivity index (χ2n) is 5.41. The molecule has 0 saturated heterocycles. The number of fused-ring (bicyclic) bond motifs is 1. The average molecular weight is 375 g/mol. The Hall–Kier alpha value is -2.30. The van der Waals surface area contributed by atoms with Gasteiger partial charge in [0.1, 0.15) is 11.3 Å². The lowest BCUT2D eigenvalue weighted by atomic mass is 10.2. The molecule has 0 radical (unpaired) electrons. The van der Waals surface area contributed by atoms with Crippen molar-refractivity contribution in [3.63, 3.8) is 0 Å². The largest absolute Gasteiger partial charge is 0.491 e. The van der Waals surface area contributed by atoms with Crippen LogP contribution >= 0.6 is 23.2 Å². The molecule has 6 heteroatoms. The van der Waals surface area contributed by atoms with Gasteiger partial charge in [-0.05, 0) is 36.8 Å². The number of amides is 1. The molecule has 25 heavy (non-hydrogen) atoms. The van der Waals surface area contributed by atoms with E-state index >= 15 is 0 Å². The number of nitrogens with one attached hydrogen (secondary N) is 1. The first-order chi connectivity index (χ1) is 12.1. The molecule has 0 spiro atoms. The van der Waals surface area contributed by atoms with Crippen LogP contribution in [-0.4, -0.2) is 24.0 Å². The summed E-state index contributed by atoms with van der Waals surface area (Å²) in [5.41, 5.74) is 1.20. The third kappa shape index (κ3) is 4.41. The molecular weight excluding hydrogens is 359 g/mol. The predicted molar refractivity (Wildman–Crippen MR) is 101 cm³/mol. The zero-order valence-corrected chi connectivity index (χ0v) is 14.8. The molecule has 0 bridgehead atoms. The Kier molecular flexibility index (Phi) is 5.74. The van der Waals surface area contributed by atoms with E-state index in [4.69, 9.17) is 27.9 Å².